The van der Waals surface area contributed by atoms with Crippen LogP contribution < -0.4 is 14.8 Å². The second-order valence-electron chi connectivity index (χ2n) is 7.45. The first-order valence-corrected chi connectivity index (χ1v) is 10.5. The molecule has 2 aromatic carbocycles. The van der Waals surface area contributed by atoms with Gasteiger partial charge in [0.25, 0.3) is 0 Å². The fraction of sp³-hybridized carbons (Fsp3) is 0.208. The molecule has 1 amide bonds. The molecule has 2 N–H and O–H groups in total. The largest absolute Gasteiger partial charge is 0.486 e. The van der Waals surface area contributed by atoms with E-state index >= 15 is 0 Å². The number of aromatic amines is 1. The number of hydrogen-bond acceptors (Lipinski definition) is 4. The lowest BCUT2D eigenvalue weighted by Crippen LogP contribution is -2.25. The van der Waals surface area contributed by atoms with Gasteiger partial charge in [0.1, 0.15) is 19.0 Å². The standard InChI is InChI=1S/C24H21ClN2O4/c25-16-4-5-21-19(11-16)20(14-26-21)18(12-24(28)27-13-17-2-1-7-29-17)15-3-6-22-23(10-15)31-9-8-30-22/h1-7,10-11,14,18,26H,8-9,12-13H2,(H,27,28). The van der Waals surface area contributed by atoms with Crippen molar-refractivity contribution in [2.75, 3.05) is 13.2 Å². The predicted molar refractivity (Wildman–Crippen MR) is 118 cm³/mol. The van der Waals surface area contributed by atoms with Gasteiger partial charge in [-0.05, 0) is 53.6 Å². The third-order valence-corrected chi connectivity index (χ3v) is 5.68. The molecular weight excluding hydrogens is 416 g/mol. The van der Waals surface area contributed by atoms with Gasteiger partial charge in [0.15, 0.2) is 11.5 Å². The van der Waals surface area contributed by atoms with E-state index < -0.39 is 0 Å². The Bertz CT molecular complexity index is 1220. The first-order valence-electron chi connectivity index (χ1n) is 10.1. The minimum Gasteiger partial charge on any atom is -0.486 e. The van der Waals surface area contributed by atoms with Gasteiger partial charge in [0.2, 0.25) is 5.91 Å². The lowest BCUT2D eigenvalue weighted by atomic mass is 9.87. The molecule has 0 bridgehead atoms. The van der Waals surface area contributed by atoms with Crippen molar-refractivity contribution in [3.05, 3.63) is 82.9 Å². The van der Waals surface area contributed by atoms with E-state index in [4.69, 9.17) is 25.5 Å². The van der Waals surface area contributed by atoms with Crippen LogP contribution in [0.1, 0.15) is 29.2 Å². The third-order valence-electron chi connectivity index (χ3n) is 5.45. The lowest BCUT2D eigenvalue weighted by molar-refractivity contribution is -0.121. The summed E-state index contributed by atoms with van der Waals surface area (Å²) < 4.78 is 16.7. The van der Waals surface area contributed by atoms with Crippen LogP contribution in [0.5, 0.6) is 11.5 Å². The summed E-state index contributed by atoms with van der Waals surface area (Å²) in [5, 5.41) is 4.59. The first-order chi connectivity index (χ1) is 15.2. The molecule has 0 spiro atoms. The number of benzene rings is 2. The molecular formula is C24H21ClN2O4. The zero-order valence-corrected chi connectivity index (χ0v) is 17.4. The van der Waals surface area contributed by atoms with E-state index in [0.717, 1.165) is 27.8 Å². The van der Waals surface area contributed by atoms with Crippen LogP contribution in [0.4, 0.5) is 0 Å². The average Bonchev–Trinajstić information content (AvgIpc) is 3.45. The van der Waals surface area contributed by atoms with E-state index in [1.807, 2.05) is 48.7 Å². The molecule has 2 aromatic heterocycles. The van der Waals surface area contributed by atoms with E-state index in [1.165, 1.54) is 0 Å². The van der Waals surface area contributed by atoms with E-state index in [2.05, 4.69) is 10.3 Å². The molecule has 0 aliphatic carbocycles. The molecule has 6 nitrogen and oxygen atoms in total. The molecule has 0 saturated heterocycles. The van der Waals surface area contributed by atoms with E-state index in [-0.39, 0.29) is 18.2 Å². The van der Waals surface area contributed by atoms with Crippen LogP contribution in [0, 0.1) is 0 Å². The molecule has 5 rings (SSSR count). The molecule has 1 aliphatic heterocycles. The molecule has 158 valence electrons. The van der Waals surface area contributed by atoms with Gasteiger partial charge in [0, 0.05) is 34.5 Å². The van der Waals surface area contributed by atoms with Crippen molar-refractivity contribution in [1.82, 2.24) is 10.3 Å². The van der Waals surface area contributed by atoms with Crippen molar-refractivity contribution in [2.45, 2.75) is 18.9 Å². The maximum absolute atomic E-state index is 12.9. The maximum Gasteiger partial charge on any atom is 0.221 e. The van der Waals surface area contributed by atoms with Crippen LogP contribution in [0.3, 0.4) is 0 Å². The number of furan rings is 1. The van der Waals surface area contributed by atoms with Crippen molar-refractivity contribution >= 4 is 28.4 Å². The van der Waals surface area contributed by atoms with Gasteiger partial charge in [-0.25, -0.2) is 0 Å². The van der Waals surface area contributed by atoms with Crippen molar-refractivity contribution in [3.8, 4) is 11.5 Å². The van der Waals surface area contributed by atoms with Crippen molar-refractivity contribution < 1.29 is 18.7 Å². The molecule has 0 radical (unpaired) electrons. The molecule has 4 aromatic rings. The maximum atomic E-state index is 12.9. The Kier molecular flexibility index (Phi) is 5.30. The summed E-state index contributed by atoms with van der Waals surface area (Å²) in [4.78, 5) is 16.2. The summed E-state index contributed by atoms with van der Waals surface area (Å²) in [7, 11) is 0. The summed E-state index contributed by atoms with van der Waals surface area (Å²) in [6.07, 6.45) is 3.80. The quantitative estimate of drug-likeness (QED) is 0.444. The van der Waals surface area contributed by atoms with Crippen LogP contribution in [0.2, 0.25) is 5.02 Å². The fourth-order valence-electron chi connectivity index (χ4n) is 3.94. The molecule has 3 heterocycles. The first kappa shape index (κ1) is 19.6. The SMILES string of the molecule is O=C(CC(c1ccc2c(c1)OCCO2)c1c[nH]c2ccc(Cl)cc12)NCc1ccco1. The van der Waals surface area contributed by atoms with Crippen molar-refractivity contribution in [1.29, 1.82) is 0 Å². The summed E-state index contributed by atoms with van der Waals surface area (Å²) in [6.45, 7) is 1.39. The highest BCUT2D eigenvalue weighted by atomic mass is 35.5. The van der Waals surface area contributed by atoms with Gasteiger partial charge in [-0.15, -0.1) is 0 Å². The zero-order valence-electron chi connectivity index (χ0n) is 16.7. The number of carbonyl (C=O) groups excluding carboxylic acids is 1. The minimum absolute atomic E-state index is 0.0762. The summed E-state index contributed by atoms with van der Waals surface area (Å²) in [5.41, 5.74) is 2.94. The number of hydrogen-bond donors (Lipinski definition) is 2. The van der Waals surface area contributed by atoms with Gasteiger partial charge in [-0.1, -0.05) is 17.7 Å². The van der Waals surface area contributed by atoms with Crippen molar-refractivity contribution in [2.24, 2.45) is 0 Å². The molecule has 1 atom stereocenters. The van der Waals surface area contributed by atoms with Crippen LogP contribution in [-0.4, -0.2) is 24.1 Å². The number of ether oxygens (including phenoxy) is 2. The molecule has 0 saturated carbocycles. The highest BCUT2D eigenvalue weighted by molar-refractivity contribution is 6.31. The Morgan fingerprint density at radius 2 is 1.97 bits per heavy atom. The number of carbonyl (C=O) groups is 1. The van der Waals surface area contributed by atoms with E-state index in [0.29, 0.717) is 36.3 Å². The topological polar surface area (TPSA) is 76.5 Å². The van der Waals surface area contributed by atoms with Crippen LogP contribution >= 0.6 is 11.6 Å². The molecule has 7 heteroatoms. The molecule has 1 aliphatic rings. The highest BCUT2D eigenvalue weighted by Crippen LogP contribution is 2.39. The lowest BCUT2D eigenvalue weighted by Gasteiger charge is -2.22. The Balaban J connectivity index is 1.49. The Hall–Kier alpha value is -3.38. The van der Waals surface area contributed by atoms with Crippen LogP contribution in [-0.2, 0) is 11.3 Å². The predicted octanol–water partition coefficient (Wildman–Crippen LogP) is 5.02. The monoisotopic (exact) mass is 436 g/mol. The normalized spacial score (nSPS) is 13.8. The molecule has 1 unspecified atom stereocenters. The number of halogens is 1. The second-order valence-corrected chi connectivity index (χ2v) is 7.89. The number of H-pyrrole nitrogens is 1. The van der Waals surface area contributed by atoms with Gasteiger partial charge in [-0.2, -0.15) is 0 Å². The third kappa shape index (κ3) is 4.11. The Morgan fingerprint density at radius 3 is 2.81 bits per heavy atom. The minimum atomic E-state index is -0.195. The summed E-state index contributed by atoms with van der Waals surface area (Å²) in [5.74, 6) is 1.86. The Morgan fingerprint density at radius 1 is 1.10 bits per heavy atom. The van der Waals surface area contributed by atoms with Gasteiger partial charge >= 0.3 is 0 Å². The van der Waals surface area contributed by atoms with Gasteiger partial charge < -0.3 is 24.2 Å². The van der Waals surface area contributed by atoms with E-state index in [1.54, 1.807) is 12.3 Å². The zero-order chi connectivity index (χ0) is 21.2. The number of fused-ring (bicyclic) bond motifs is 2. The number of rotatable bonds is 6. The average molecular weight is 437 g/mol. The van der Waals surface area contributed by atoms with E-state index in [9.17, 15) is 4.79 Å². The summed E-state index contributed by atoms with van der Waals surface area (Å²) in [6, 6.07) is 15.2. The van der Waals surface area contributed by atoms with Gasteiger partial charge in [0.05, 0.1) is 12.8 Å². The van der Waals surface area contributed by atoms with Crippen LogP contribution in [0.25, 0.3) is 10.9 Å². The Labute approximate surface area is 184 Å². The summed E-state index contributed by atoms with van der Waals surface area (Å²) >= 11 is 6.27. The van der Waals surface area contributed by atoms with Crippen molar-refractivity contribution in [3.63, 3.8) is 0 Å². The number of nitrogens with one attached hydrogen (secondary N) is 2. The molecule has 31 heavy (non-hydrogen) atoms. The van der Waals surface area contributed by atoms with Gasteiger partial charge in [-0.3, -0.25) is 4.79 Å². The highest BCUT2D eigenvalue weighted by Gasteiger charge is 2.24. The number of amides is 1. The molecule has 0 fully saturated rings. The fourth-order valence-corrected chi connectivity index (χ4v) is 4.12. The number of aromatic nitrogens is 1. The van der Waals surface area contributed by atoms with Crippen LogP contribution in [0.15, 0.2) is 65.4 Å². The second kappa shape index (κ2) is 8.40. The smallest absolute Gasteiger partial charge is 0.221 e.